The van der Waals surface area contributed by atoms with Crippen LogP contribution in [-0.2, 0) is 4.79 Å². The van der Waals surface area contributed by atoms with E-state index in [0.717, 1.165) is 6.42 Å². The third-order valence-corrected chi connectivity index (χ3v) is 4.19. The number of alkyl halides is 2. The van der Waals surface area contributed by atoms with E-state index in [-0.39, 0.29) is 28.5 Å². The summed E-state index contributed by atoms with van der Waals surface area (Å²) in [5.74, 6) is -0.747. The van der Waals surface area contributed by atoms with Crippen LogP contribution in [0.15, 0.2) is 0 Å². The Kier molecular flexibility index (Phi) is 1.58. The fourth-order valence-corrected chi connectivity index (χ4v) is 3.12. The van der Waals surface area contributed by atoms with Gasteiger partial charge in [0.25, 0.3) is 0 Å². The molecule has 2 nitrogen and oxygen atoms in total. The Morgan fingerprint density at radius 1 is 1.27 bits per heavy atom. The van der Waals surface area contributed by atoms with Crippen LogP contribution in [0.4, 0.5) is 0 Å². The summed E-state index contributed by atoms with van der Waals surface area (Å²) >= 11 is 11.8. The van der Waals surface area contributed by atoms with Crippen molar-refractivity contribution in [2.24, 2.45) is 17.8 Å². The van der Waals surface area contributed by atoms with Crippen molar-refractivity contribution in [3.8, 4) is 0 Å². The lowest BCUT2D eigenvalue weighted by atomic mass is 9.72. The summed E-state index contributed by atoms with van der Waals surface area (Å²) in [4.78, 5) is 10.6. The van der Waals surface area contributed by atoms with Gasteiger partial charge in [-0.05, 0) is 18.3 Å². The molecule has 1 unspecified atom stereocenters. The molecule has 5 atom stereocenters. The van der Waals surface area contributed by atoms with Gasteiger partial charge in [-0.1, -0.05) is 0 Å². The number of carboxylic acids is 1. The molecular weight excluding hydrogens is 187 g/mol. The number of carboxylic acid groups (broad SMARTS) is 1. The second-order valence-electron chi connectivity index (χ2n) is 3.32. The lowest BCUT2D eigenvalue weighted by Crippen LogP contribution is -2.37. The molecule has 0 spiro atoms. The predicted molar refractivity (Wildman–Crippen MR) is 42.0 cm³/mol. The van der Waals surface area contributed by atoms with E-state index in [4.69, 9.17) is 28.3 Å². The molecule has 0 aliphatic heterocycles. The van der Waals surface area contributed by atoms with Gasteiger partial charge in [0.05, 0.1) is 16.7 Å². The van der Waals surface area contributed by atoms with Crippen molar-refractivity contribution in [2.45, 2.75) is 17.2 Å². The van der Waals surface area contributed by atoms with Crippen LogP contribution in [0.25, 0.3) is 0 Å². The first-order valence-electron chi connectivity index (χ1n) is 3.64. The number of aliphatic carboxylic acids is 1. The monoisotopic (exact) mass is 194 g/mol. The Labute approximate surface area is 74.5 Å². The zero-order valence-electron chi connectivity index (χ0n) is 5.71. The molecule has 3 saturated carbocycles. The van der Waals surface area contributed by atoms with E-state index >= 15 is 0 Å². The van der Waals surface area contributed by atoms with Gasteiger partial charge in [0.2, 0.25) is 0 Å². The van der Waals surface area contributed by atoms with Crippen LogP contribution in [0.3, 0.4) is 0 Å². The molecule has 1 N–H and O–H groups in total. The highest BCUT2D eigenvalue weighted by atomic mass is 35.5. The Hall–Kier alpha value is 0.0500. The normalized spacial score (nSPS) is 53.8. The lowest BCUT2D eigenvalue weighted by Gasteiger charge is -2.32. The van der Waals surface area contributed by atoms with E-state index in [2.05, 4.69) is 0 Å². The minimum absolute atomic E-state index is 0.122. The summed E-state index contributed by atoms with van der Waals surface area (Å²) < 4.78 is 0. The van der Waals surface area contributed by atoms with E-state index in [1.165, 1.54) is 0 Å². The summed E-state index contributed by atoms with van der Waals surface area (Å²) in [5.41, 5.74) is 0. The van der Waals surface area contributed by atoms with Gasteiger partial charge < -0.3 is 5.11 Å². The molecule has 62 valence electrons. The summed E-state index contributed by atoms with van der Waals surface area (Å²) in [6, 6.07) is 0. The first-order valence-corrected chi connectivity index (χ1v) is 4.51. The van der Waals surface area contributed by atoms with Crippen molar-refractivity contribution in [1.29, 1.82) is 0 Å². The average Bonchev–Trinajstić information content (AvgIpc) is 2.17. The quantitative estimate of drug-likeness (QED) is 0.644. The fourth-order valence-electron chi connectivity index (χ4n) is 2.22. The van der Waals surface area contributed by atoms with Crippen molar-refractivity contribution in [3.05, 3.63) is 0 Å². The fraction of sp³-hybridized carbons (Fsp3) is 0.857. The summed E-state index contributed by atoms with van der Waals surface area (Å²) in [5, 5.41) is 8.49. The van der Waals surface area contributed by atoms with Crippen molar-refractivity contribution in [1.82, 2.24) is 0 Å². The largest absolute Gasteiger partial charge is 0.481 e. The van der Waals surface area contributed by atoms with Crippen LogP contribution in [0.5, 0.6) is 0 Å². The molecule has 3 fully saturated rings. The van der Waals surface area contributed by atoms with Gasteiger partial charge in [-0.15, -0.1) is 23.2 Å². The number of rotatable bonds is 1. The minimum Gasteiger partial charge on any atom is -0.481 e. The zero-order chi connectivity index (χ0) is 8.17. The average molecular weight is 195 g/mol. The molecule has 0 aromatic carbocycles. The minimum atomic E-state index is -0.736. The van der Waals surface area contributed by atoms with Crippen LogP contribution in [0.1, 0.15) is 6.42 Å². The molecule has 0 amide bonds. The lowest BCUT2D eigenvalue weighted by molar-refractivity contribution is -0.148. The van der Waals surface area contributed by atoms with Gasteiger partial charge in [-0.2, -0.15) is 0 Å². The summed E-state index contributed by atoms with van der Waals surface area (Å²) in [6.07, 6.45) is 0.902. The molecule has 0 aromatic rings. The van der Waals surface area contributed by atoms with Crippen molar-refractivity contribution >= 4 is 29.2 Å². The number of carbonyl (C=O) groups is 1. The molecule has 3 aliphatic carbocycles. The van der Waals surface area contributed by atoms with Gasteiger partial charge in [0.1, 0.15) is 0 Å². The van der Waals surface area contributed by atoms with Gasteiger partial charge >= 0.3 is 5.97 Å². The SMILES string of the molecule is O=C(O)C1[C@H]2C[C@H]1[C@@H](Cl)[C@H]2Cl. The van der Waals surface area contributed by atoms with Gasteiger partial charge in [0.15, 0.2) is 0 Å². The zero-order valence-corrected chi connectivity index (χ0v) is 7.22. The van der Waals surface area contributed by atoms with Crippen LogP contribution < -0.4 is 0 Å². The highest BCUT2D eigenvalue weighted by Crippen LogP contribution is 2.57. The number of fused-ring (bicyclic) bond motifs is 1. The first-order chi connectivity index (χ1) is 5.13. The van der Waals surface area contributed by atoms with Crippen LogP contribution >= 0.6 is 23.2 Å². The van der Waals surface area contributed by atoms with Crippen molar-refractivity contribution in [2.75, 3.05) is 0 Å². The standard InChI is InChI=1S/C7H8Cl2O2/c8-5-2-1-3(6(5)9)4(2)7(10)11/h2-6H,1H2,(H,10,11)/t2-,3-,4?,5-,6+/m1/s1. The van der Waals surface area contributed by atoms with Gasteiger partial charge in [-0.25, -0.2) is 0 Å². The smallest absolute Gasteiger partial charge is 0.307 e. The summed E-state index contributed by atoms with van der Waals surface area (Å²) in [7, 11) is 0. The maximum atomic E-state index is 10.6. The number of hydrogen-bond donors (Lipinski definition) is 1. The van der Waals surface area contributed by atoms with Crippen molar-refractivity contribution in [3.63, 3.8) is 0 Å². The molecule has 0 radical (unpaired) electrons. The Bertz CT molecular complexity index is 193. The van der Waals surface area contributed by atoms with Gasteiger partial charge in [-0.3, -0.25) is 4.79 Å². The Morgan fingerprint density at radius 3 is 1.91 bits per heavy atom. The summed E-state index contributed by atoms with van der Waals surface area (Å²) in [6.45, 7) is 0. The first kappa shape index (κ1) is 7.69. The molecule has 0 heterocycles. The number of halogens is 2. The third kappa shape index (κ3) is 0.828. The van der Waals surface area contributed by atoms with Crippen LogP contribution in [0, 0.1) is 17.8 Å². The molecule has 3 rings (SSSR count). The molecule has 2 bridgehead atoms. The second kappa shape index (κ2) is 2.27. The van der Waals surface area contributed by atoms with E-state index in [0.29, 0.717) is 0 Å². The van der Waals surface area contributed by atoms with E-state index in [9.17, 15) is 4.79 Å². The molecule has 0 saturated heterocycles. The molecule has 0 aromatic heterocycles. The van der Waals surface area contributed by atoms with Crippen LogP contribution in [0.2, 0.25) is 0 Å². The highest BCUT2D eigenvalue weighted by Gasteiger charge is 2.61. The predicted octanol–water partition coefficient (Wildman–Crippen LogP) is 1.55. The molecule has 11 heavy (non-hydrogen) atoms. The Morgan fingerprint density at radius 2 is 1.73 bits per heavy atom. The molecule has 3 aliphatic rings. The van der Waals surface area contributed by atoms with E-state index in [1.54, 1.807) is 0 Å². The van der Waals surface area contributed by atoms with E-state index < -0.39 is 5.97 Å². The van der Waals surface area contributed by atoms with E-state index in [1.807, 2.05) is 0 Å². The Balaban J connectivity index is 2.17. The highest BCUT2D eigenvalue weighted by molar-refractivity contribution is 6.31. The topological polar surface area (TPSA) is 37.3 Å². The maximum Gasteiger partial charge on any atom is 0.307 e. The second-order valence-corrected chi connectivity index (χ2v) is 4.32. The molecular formula is C7H8Cl2O2. The van der Waals surface area contributed by atoms with Gasteiger partial charge in [0, 0.05) is 0 Å². The third-order valence-electron chi connectivity index (χ3n) is 2.87. The molecule has 4 heteroatoms. The van der Waals surface area contributed by atoms with Crippen LogP contribution in [-0.4, -0.2) is 21.8 Å². The number of hydrogen-bond acceptors (Lipinski definition) is 1. The maximum absolute atomic E-state index is 10.6. The van der Waals surface area contributed by atoms with Crippen molar-refractivity contribution < 1.29 is 9.90 Å².